The highest BCUT2D eigenvalue weighted by molar-refractivity contribution is 5.77. The maximum atomic E-state index is 13.3. The second kappa shape index (κ2) is 9.82. The molecule has 1 aliphatic heterocycles. The third kappa shape index (κ3) is 4.29. The lowest BCUT2D eigenvalue weighted by atomic mass is 10.0. The van der Waals surface area contributed by atoms with Crippen LogP contribution in [0.3, 0.4) is 0 Å². The van der Waals surface area contributed by atoms with Gasteiger partial charge < -0.3 is 15.5 Å². The Kier molecular flexibility index (Phi) is 6.21. The summed E-state index contributed by atoms with van der Waals surface area (Å²) in [5.41, 5.74) is 4.89. The molecule has 3 aromatic heterocycles. The highest BCUT2D eigenvalue weighted by Crippen LogP contribution is 2.34. The Morgan fingerprint density at radius 1 is 1.14 bits per heavy atom. The third-order valence-electron chi connectivity index (χ3n) is 7.44. The van der Waals surface area contributed by atoms with Crippen molar-refractivity contribution in [3.05, 3.63) is 76.9 Å². The van der Waals surface area contributed by atoms with E-state index in [4.69, 9.17) is 9.97 Å². The summed E-state index contributed by atoms with van der Waals surface area (Å²) in [7, 11) is 0. The van der Waals surface area contributed by atoms with Crippen LogP contribution in [-0.2, 0) is 13.0 Å². The van der Waals surface area contributed by atoms with Gasteiger partial charge in [-0.25, -0.2) is 19.3 Å². The van der Waals surface area contributed by atoms with Crippen molar-refractivity contribution in [3.63, 3.8) is 0 Å². The molecule has 0 saturated carbocycles. The summed E-state index contributed by atoms with van der Waals surface area (Å²) in [6, 6.07) is 12.4. The fourth-order valence-electron chi connectivity index (χ4n) is 5.46. The minimum absolute atomic E-state index is 0.156. The van der Waals surface area contributed by atoms with E-state index in [9.17, 15) is 4.79 Å². The molecule has 190 valence electrons. The van der Waals surface area contributed by atoms with Crippen molar-refractivity contribution >= 4 is 28.4 Å². The highest BCUT2D eigenvalue weighted by Gasteiger charge is 2.25. The SMILES string of the molecule is C=CCn1c(=O)c2cnc(Nc3ccc(N4CCNCC4)cc3)nc2n1-c1ccc2c(n1)C(CC)CC2. The number of nitrogens with one attached hydrogen (secondary N) is 2. The second-order valence-electron chi connectivity index (χ2n) is 9.69. The molecule has 0 bridgehead atoms. The van der Waals surface area contributed by atoms with Crippen LogP contribution < -0.4 is 21.1 Å². The first kappa shape index (κ1) is 23.4. The summed E-state index contributed by atoms with van der Waals surface area (Å²) >= 11 is 0. The lowest BCUT2D eigenvalue weighted by Gasteiger charge is -2.29. The van der Waals surface area contributed by atoms with Crippen molar-refractivity contribution in [2.45, 2.75) is 38.6 Å². The van der Waals surface area contributed by atoms with Gasteiger partial charge in [0.2, 0.25) is 5.95 Å². The molecule has 0 radical (unpaired) electrons. The van der Waals surface area contributed by atoms with E-state index in [1.807, 2.05) is 22.9 Å². The van der Waals surface area contributed by atoms with Gasteiger partial charge in [0.15, 0.2) is 11.5 Å². The fourth-order valence-corrected chi connectivity index (χ4v) is 5.46. The molecule has 1 aromatic carbocycles. The molecule has 1 atom stereocenters. The molecule has 2 aliphatic rings. The topological polar surface area (TPSA) is 92.9 Å². The molecule has 37 heavy (non-hydrogen) atoms. The van der Waals surface area contributed by atoms with Gasteiger partial charge in [-0.3, -0.25) is 4.79 Å². The molecule has 9 heteroatoms. The van der Waals surface area contributed by atoms with Crippen LogP contribution in [0.4, 0.5) is 17.3 Å². The number of hydrogen-bond acceptors (Lipinski definition) is 7. The molecule has 4 heterocycles. The zero-order valence-electron chi connectivity index (χ0n) is 21.2. The summed E-state index contributed by atoms with van der Waals surface area (Å²) in [4.78, 5) is 29.9. The van der Waals surface area contributed by atoms with Crippen LogP contribution in [0.25, 0.3) is 16.9 Å². The quantitative estimate of drug-likeness (QED) is 0.377. The van der Waals surface area contributed by atoms with Crippen molar-refractivity contribution < 1.29 is 0 Å². The molecule has 1 saturated heterocycles. The number of benzene rings is 1. The van der Waals surface area contributed by atoms with E-state index in [1.54, 1.807) is 17.0 Å². The Labute approximate surface area is 215 Å². The maximum absolute atomic E-state index is 13.3. The van der Waals surface area contributed by atoms with E-state index >= 15 is 0 Å². The van der Waals surface area contributed by atoms with Crippen molar-refractivity contribution in [1.29, 1.82) is 0 Å². The lowest BCUT2D eigenvalue weighted by Crippen LogP contribution is -2.43. The summed E-state index contributed by atoms with van der Waals surface area (Å²) in [6.45, 7) is 10.4. The second-order valence-corrected chi connectivity index (χ2v) is 9.69. The summed E-state index contributed by atoms with van der Waals surface area (Å²) < 4.78 is 3.44. The van der Waals surface area contributed by atoms with Gasteiger partial charge in [-0.15, -0.1) is 6.58 Å². The predicted molar refractivity (Wildman–Crippen MR) is 147 cm³/mol. The lowest BCUT2D eigenvalue weighted by molar-refractivity contribution is 0.589. The average Bonchev–Trinajstić information content (AvgIpc) is 3.47. The van der Waals surface area contributed by atoms with Crippen molar-refractivity contribution in [1.82, 2.24) is 29.6 Å². The van der Waals surface area contributed by atoms with E-state index in [1.165, 1.54) is 11.3 Å². The normalized spacial score (nSPS) is 17.2. The monoisotopic (exact) mass is 496 g/mol. The highest BCUT2D eigenvalue weighted by atomic mass is 16.1. The maximum Gasteiger partial charge on any atom is 0.278 e. The first-order chi connectivity index (χ1) is 18.2. The molecule has 9 nitrogen and oxygen atoms in total. The van der Waals surface area contributed by atoms with Gasteiger partial charge in [0.1, 0.15) is 5.39 Å². The zero-order valence-corrected chi connectivity index (χ0v) is 21.2. The number of nitrogens with zero attached hydrogens (tertiary/aromatic N) is 6. The van der Waals surface area contributed by atoms with Crippen molar-refractivity contribution in [3.8, 4) is 5.82 Å². The number of allylic oxidation sites excluding steroid dienone is 1. The van der Waals surface area contributed by atoms with Gasteiger partial charge in [0.05, 0.1) is 6.54 Å². The van der Waals surface area contributed by atoms with Crippen LogP contribution in [-0.4, -0.2) is 50.5 Å². The van der Waals surface area contributed by atoms with Crippen LogP contribution >= 0.6 is 0 Å². The molecule has 1 fully saturated rings. The van der Waals surface area contributed by atoms with E-state index in [-0.39, 0.29) is 5.56 Å². The number of fused-ring (bicyclic) bond motifs is 2. The Balaban J connectivity index is 1.37. The molecule has 4 aromatic rings. The van der Waals surface area contributed by atoms with Gasteiger partial charge in [0.25, 0.3) is 5.56 Å². The first-order valence-electron chi connectivity index (χ1n) is 13.1. The largest absolute Gasteiger partial charge is 0.369 e. The van der Waals surface area contributed by atoms with Crippen molar-refractivity contribution in [2.24, 2.45) is 0 Å². The van der Waals surface area contributed by atoms with Gasteiger partial charge in [-0.2, -0.15) is 4.98 Å². The van der Waals surface area contributed by atoms with Crippen molar-refractivity contribution in [2.75, 3.05) is 36.4 Å². The molecular formula is C28H32N8O. The van der Waals surface area contributed by atoms with E-state index in [0.717, 1.165) is 56.8 Å². The number of aromatic nitrogens is 5. The van der Waals surface area contributed by atoms with Gasteiger partial charge >= 0.3 is 0 Å². The smallest absolute Gasteiger partial charge is 0.278 e. The number of pyridine rings is 1. The zero-order chi connectivity index (χ0) is 25.4. The minimum Gasteiger partial charge on any atom is -0.369 e. The fraction of sp³-hybridized carbons (Fsp3) is 0.357. The van der Waals surface area contributed by atoms with Crippen LogP contribution in [0, 0.1) is 0 Å². The molecular weight excluding hydrogens is 464 g/mol. The Hall–Kier alpha value is -3.98. The van der Waals surface area contributed by atoms with Crippen LogP contribution in [0.1, 0.15) is 36.9 Å². The molecule has 0 spiro atoms. The Bertz CT molecular complexity index is 1500. The number of rotatable bonds is 7. The van der Waals surface area contributed by atoms with Crippen LogP contribution in [0.2, 0.25) is 0 Å². The average molecular weight is 497 g/mol. The third-order valence-corrected chi connectivity index (χ3v) is 7.44. The summed E-state index contributed by atoms with van der Waals surface area (Å²) in [5.74, 6) is 1.57. The number of piperazine rings is 1. The molecule has 6 rings (SSSR count). The summed E-state index contributed by atoms with van der Waals surface area (Å²) in [5, 5.41) is 7.14. The van der Waals surface area contributed by atoms with Gasteiger partial charge in [-0.1, -0.05) is 19.1 Å². The number of hydrogen-bond donors (Lipinski definition) is 2. The number of anilines is 3. The van der Waals surface area contributed by atoms with Gasteiger partial charge in [0, 0.05) is 55.4 Å². The van der Waals surface area contributed by atoms with Crippen LogP contribution in [0.5, 0.6) is 0 Å². The summed E-state index contributed by atoms with van der Waals surface area (Å²) in [6.07, 6.45) is 6.54. The Morgan fingerprint density at radius 2 is 1.95 bits per heavy atom. The van der Waals surface area contributed by atoms with E-state index < -0.39 is 0 Å². The number of aryl methyl sites for hydroxylation is 1. The molecule has 0 amide bonds. The Morgan fingerprint density at radius 3 is 2.70 bits per heavy atom. The van der Waals surface area contributed by atoms with Gasteiger partial charge in [-0.05, 0) is 55.2 Å². The standard InChI is InChI=1S/C28H32N8O/c1-3-15-35-27(37)23-18-30-28(31-21-8-10-22(11-9-21)34-16-13-29-14-17-34)33-26(23)36(35)24-12-7-20-6-5-19(4-2)25(20)32-24/h3,7-12,18-19,29H,1,4-6,13-17H2,2H3,(H,30,31,33). The van der Waals surface area contributed by atoms with E-state index in [2.05, 4.69) is 52.2 Å². The van der Waals surface area contributed by atoms with Crippen LogP contribution in [0.15, 0.2) is 60.0 Å². The molecule has 1 unspecified atom stereocenters. The molecule has 2 N–H and O–H groups in total. The predicted octanol–water partition coefficient (Wildman–Crippen LogP) is 3.76. The minimum atomic E-state index is -0.156. The first-order valence-corrected chi connectivity index (χ1v) is 13.1. The molecule has 1 aliphatic carbocycles. The van der Waals surface area contributed by atoms with E-state index in [0.29, 0.717) is 35.3 Å².